The van der Waals surface area contributed by atoms with Crippen molar-refractivity contribution < 1.29 is 9.50 Å². The Labute approximate surface area is 187 Å². The van der Waals surface area contributed by atoms with Gasteiger partial charge < -0.3 is 5.11 Å². The van der Waals surface area contributed by atoms with Gasteiger partial charge in [-0.05, 0) is 48.9 Å². The zero-order valence-corrected chi connectivity index (χ0v) is 20.7. The Balaban J connectivity index is 0.00000155. The zero-order chi connectivity index (χ0) is 22.6. The van der Waals surface area contributed by atoms with Crippen LogP contribution >= 0.6 is 23.1 Å². The third kappa shape index (κ3) is 5.71. The molecule has 0 aliphatic heterocycles. The predicted octanol–water partition coefficient (Wildman–Crippen LogP) is 7.12. The van der Waals surface area contributed by atoms with Crippen LogP contribution in [0.4, 0.5) is 4.39 Å². The Morgan fingerprint density at radius 3 is 2.10 bits per heavy atom. The summed E-state index contributed by atoms with van der Waals surface area (Å²) < 4.78 is 17.0. The molecule has 164 valence electrons. The van der Waals surface area contributed by atoms with Crippen LogP contribution in [0.25, 0.3) is 5.69 Å². The van der Waals surface area contributed by atoms with E-state index in [0.717, 1.165) is 25.9 Å². The molecule has 0 aliphatic carbocycles. The maximum Gasteiger partial charge on any atom is 0.125 e. The smallest absolute Gasteiger partial charge is 0.125 e. The first kappa shape index (κ1) is 24.6. The summed E-state index contributed by atoms with van der Waals surface area (Å²) >= 11 is 3.03. The number of aromatic nitrogens is 3. The molecule has 0 saturated heterocycles. The molecule has 3 aromatic rings. The minimum Gasteiger partial charge on any atom is -0.383 e. The molecule has 0 aliphatic rings. The zero-order valence-electron chi connectivity index (χ0n) is 19.0. The quantitative estimate of drug-likeness (QED) is 0.435. The van der Waals surface area contributed by atoms with Gasteiger partial charge in [0.25, 0.3) is 0 Å². The van der Waals surface area contributed by atoms with E-state index < -0.39 is 5.60 Å². The third-order valence-corrected chi connectivity index (χ3v) is 6.75. The molecule has 0 amide bonds. The Hall–Kier alpha value is -1.70. The second-order valence-electron chi connectivity index (χ2n) is 8.01. The number of rotatable bonds is 6. The Morgan fingerprint density at radius 2 is 1.63 bits per heavy atom. The second-order valence-corrected chi connectivity index (χ2v) is 10.4. The summed E-state index contributed by atoms with van der Waals surface area (Å²) in [4.78, 5) is 5.28. The van der Waals surface area contributed by atoms with Gasteiger partial charge >= 0.3 is 0 Å². The lowest BCUT2D eigenvalue weighted by molar-refractivity contribution is 0.0783. The first-order chi connectivity index (χ1) is 14.1. The van der Waals surface area contributed by atoms with Gasteiger partial charge in [-0.25, -0.2) is 14.1 Å². The van der Waals surface area contributed by atoms with Crippen molar-refractivity contribution in [1.82, 2.24) is 14.8 Å². The van der Waals surface area contributed by atoms with Crippen LogP contribution in [0.5, 0.6) is 0 Å². The van der Waals surface area contributed by atoms with Gasteiger partial charge in [0.1, 0.15) is 16.4 Å². The average molecular weight is 450 g/mol. The summed E-state index contributed by atoms with van der Waals surface area (Å²) in [5, 5.41) is 15.3. The second kappa shape index (κ2) is 10.1. The molecule has 0 atom stereocenters. The van der Waals surface area contributed by atoms with Crippen molar-refractivity contribution in [2.24, 2.45) is 0 Å². The minimum atomic E-state index is -0.944. The maximum absolute atomic E-state index is 14.2. The van der Waals surface area contributed by atoms with Crippen LogP contribution in [0.15, 0.2) is 39.8 Å². The average Bonchev–Trinajstić information content (AvgIpc) is 3.32. The SMILES string of the molecule is CC.CC(C)c1cc(F)cc(C(C)C)c1-n1cc(Sc2cnc(C(C)(C)O)s2)cn1. The van der Waals surface area contributed by atoms with Crippen LogP contribution < -0.4 is 0 Å². The van der Waals surface area contributed by atoms with Crippen molar-refractivity contribution in [3.8, 4) is 5.69 Å². The summed E-state index contributed by atoms with van der Waals surface area (Å²) in [6, 6.07) is 3.22. The van der Waals surface area contributed by atoms with Gasteiger partial charge in [-0.2, -0.15) is 5.10 Å². The first-order valence-electron chi connectivity index (χ1n) is 10.3. The number of halogens is 1. The monoisotopic (exact) mass is 449 g/mol. The summed E-state index contributed by atoms with van der Waals surface area (Å²) in [5.74, 6) is 0.153. The highest BCUT2D eigenvalue weighted by atomic mass is 32.2. The summed E-state index contributed by atoms with van der Waals surface area (Å²) in [7, 11) is 0. The lowest BCUT2D eigenvalue weighted by atomic mass is 9.92. The van der Waals surface area contributed by atoms with E-state index in [1.165, 1.54) is 11.3 Å². The van der Waals surface area contributed by atoms with Gasteiger partial charge in [-0.15, -0.1) is 11.3 Å². The number of aliphatic hydroxyl groups is 1. The molecule has 1 N–H and O–H groups in total. The fourth-order valence-electron chi connectivity index (χ4n) is 2.97. The van der Waals surface area contributed by atoms with Gasteiger partial charge in [0, 0.05) is 6.20 Å². The fraction of sp³-hybridized carbons (Fsp3) is 0.478. The summed E-state index contributed by atoms with van der Waals surface area (Å²) in [6.07, 6.45) is 5.56. The number of thiazole rings is 1. The summed E-state index contributed by atoms with van der Waals surface area (Å²) in [5.41, 5.74) is 1.91. The number of hydrogen-bond acceptors (Lipinski definition) is 5. The van der Waals surface area contributed by atoms with Crippen molar-refractivity contribution in [3.05, 3.63) is 52.7 Å². The van der Waals surface area contributed by atoms with Crippen LogP contribution in [-0.2, 0) is 5.60 Å². The van der Waals surface area contributed by atoms with Gasteiger partial charge in [0.05, 0.1) is 27.2 Å². The van der Waals surface area contributed by atoms with E-state index in [-0.39, 0.29) is 17.7 Å². The van der Waals surface area contributed by atoms with Crippen LogP contribution in [0.1, 0.15) is 83.4 Å². The van der Waals surface area contributed by atoms with E-state index >= 15 is 0 Å². The molecule has 0 radical (unpaired) electrons. The number of nitrogens with zero attached hydrogens (tertiary/aromatic N) is 3. The van der Waals surface area contributed by atoms with E-state index in [1.807, 2.05) is 30.9 Å². The normalized spacial score (nSPS) is 11.7. The molecular formula is C23H32FN3OS2. The van der Waals surface area contributed by atoms with Gasteiger partial charge in [0.2, 0.25) is 0 Å². The van der Waals surface area contributed by atoms with Gasteiger partial charge in [-0.1, -0.05) is 53.3 Å². The van der Waals surface area contributed by atoms with Crippen LogP contribution in [-0.4, -0.2) is 19.9 Å². The van der Waals surface area contributed by atoms with Gasteiger partial charge in [-0.3, -0.25) is 0 Å². The molecule has 4 nitrogen and oxygen atoms in total. The number of benzene rings is 1. The van der Waals surface area contributed by atoms with Crippen LogP contribution in [0, 0.1) is 5.82 Å². The summed E-state index contributed by atoms with van der Waals surface area (Å²) in [6.45, 7) is 15.7. The molecule has 0 bridgehead atoms. The van der Waals surface area contributed by atoms with Crippen LogP contribution in [0.2, 0.25) is 0 Å². The lowest BCUT2D eigenvalue weighted by Crippen LogP contribution is -2.14. The molecule has 2 aromatic heterocycles. The van der Waals surface area contributed by atoms with E-state index in [4.69, 9.17) is 0 Å². The largest absolute Gasteiger partial charge is 0.383 e. The van der Waals surface area contributed by atoms with Crippen molar-refractivity contribution >= 4 is 23.1 Å². The molecule has 30 heavy (non-hydrogen) atoms. The minimum absolute atomic E-state index is 0.180. The maximum atomic E-state index is 14.2. The molecule has 3 rings (SSSR count). The predicted molar refractivity (Wildman–Crippen MR) is 125 cm³/mol. The highest BCUT2D eigenvalue weighted by molar-refractivity contribution is 8.01. The molecule has 0 spiro atoms. The van der Waals surface area contributed by atoms with E-state index in [1.54, 1.807) is 43.9 Å². The molecule has 0 unspecified atom stereocenters. The molecule has 0 saturated carbocycles. The number of hydrogen-bond donors (Lipinski definition) is 1. The fourth-order valence-corrected chi connectivity index (χ4v) is 4.91. The topological polar surface area (TPSA) is 50.9 Å². The first-order valence-corrected chi connectivity index (χ1v) is 11.9. The molecular weight excluding hydrogens is 417 g/mol. The van der Waals surface area contributed by atoms with E-state index in [2.05, 4.69) is 37.8 Å². The third-order valence-electron chi connectivity index (χ3n) is 4.39. The molecule has 0 fully saturated rings. The Morgan fingerprint density at radius 1 is 1.07 bits per heavy atom. The Bertz CT molecular complexity index is 942. The lowest BCUT2D eigenvalue weighted by Gasteiger charge is -2.19. The van der Waals surface area contributed by atoms with Crippen molar-refractivity contribution in [1.29, 1.82) is 0 Å². The standard InChI is InChI=1S/C21H26FN3OS2.C2H6/c1-12(2)16-7-14(22)8-17(13(3)4)19(16)25-11-15(9-24-25)27-18-10-23-20(28-18)21(5,6)26;1-2/h7-13,26H,1-6H3;1-2H3. The molecule has 7 heteroatoms. The van der Waals surface area contributed by atoms with Crippen molar-refractivity contribution in [3.63, 3.8) is 0 Å². The molecule has 1 aromatic carbocycles. The van der Waals surface area contributed by atoms with E-state index in [9.17, 15) is 9.50 Å². The molecule has 2 heterocycles. The highest BCUT2D eigenvalue weighted by Gasteiger charge is 2.21. The van der Waals surface area contributed by atoms with E-state index in [0.29, 0.717) is 5.01 Å². The van der Waals surface area contributed by atoms with Crippen molar-refractivity contribution in [2.75, 3.05) is 0 Å². The van der Waals surface area contributed by atoms with Gasteiger partial charge in [0.15, 0.2) is 0 Å². The van der Waals surface area contributed by atoms with Crippen LogP contribution in [0.3, 0.4) is 0 Å². The van der Waals surface area contributed by atoms with Crippen molar-refractivity contribution in [2.45, 2.75) is 81.9 Å². The Kier molecular flexibility index (Phi) is 8.25. The highest BCUT2D eigenvalue weighted by Crippen LogP contribution is 2.37.